The van der Waals surface area contributed by atoms with Gasteiger partial charge >= 0.3 is 0 Å². The van der Waals surface area contributed by atoms with Crippen LogP contribution in [0, 0.1) is 6.92 Å². The minimum atomic E-state index is -0.750. The maximum atomic E-state index is 11.8. The lowest BCUT2D eigenvalue weighted by Gasteiger charge is -2.19. The molecule has 1 aliphatic carbocycles. The first-order chi connectivity index (χ1) is 8.40. The predicted molar refractivity (Wildman–Crippen MR) is 63.7 cm³/mol. The molecule has 1 aliphatic rings. The standard InChI is InChI=1S/C11H16N4O3/c1-7-5-8(14-18-7)13-9(16)6-15(2)10(17)11(12)3-4-11/h5H,3-4,6,12H2,1-2H3,(H,13,14,16). The van der Waals surface area contributed by atoms with Gasteiger partial charge < -0.3 is 20.5 Å². The van der Waals surface area contributed by atoms with Crippen molar-refractivity contribution in [2.24, 2.45) is 5.73 Å². The molecule has 0 radical (unpaired) electrons. The molecule has 2 amide bonds. The van der Waals surface area contributed by atoms with Crippen molar-refractivity contribution in [3.63, 3.8) is 0 Å². The lowest BCUT2D eigenvalue weighted by Crippen LogP contribution is -2.46. The number of aromatic nitrogens is 1. The third-order valence-electron chi connectivity index (χ3n) is 2.84. The summed E-state index contributed by atoms with van der Waals surface area (Å²) >= 11 is 0. The molecule has 18 heavy (non-hydrogen) atoms. The summed E-state index contributed by atoms with van der Waals surface area (Å²) in [6.45, 7) is 1.67. The molecule has 98 valence electrons. The molecule has 1 aromatic heterocycles. The lowest BCUT2D eigenvalue weighted by atomic mass is 10.2. The number of aryl methyl sites for hydroxylation is 1. The molecular weight excluding hydrogens is 236 g/mol. The van der Waals surface area contributed by atoms with Crippen molar-refractivity contribution in [3.05, 3.63) is 11.8 Å². The monoisotopic (exact) mass is 252 g/mol. The normalized spacial score (nSPS) is 16.2. The second-order valence-electron chi connectivity index (χ2n) is 4.69. The van der Waals surface area contributed by atoms with Crippen LogP contribution in [0.4, 0.5) is 5.82 Å². The fourth-order valence-corrected chi connectivity index (χ4v) is 1.62. The first-order valence-corrected chi connectivity index (χ1v) is 5.68. The van der Waals surface area contributed by atoms with Crippen LogP contribution in [0.25, 0.3) is 0 Å². The van der Waals surface area contributed by atoms with E-state index in [1.165, 1.54) is 4.90 Å². The van der Waals surface area contributed by atoms with Crippen LogP contribution in [-0.4, -0.2) is 41.0 Å². The Morgan fingerprint density at radius 3 is 2.78 bits per heavy atom. The van der Waals surface area contributed by atoms with Crippen LogP contribution in [0.2, 0.25) is 0 Å². The largest absolute Gasteiger partial charge is 0.360 e. The van der Waals surface area contributed by atoms with Gasteiger partial charge in [-0.2, -0.15) is 0 Å². The number of anilines is 1. The minimum absolute atomic E-state index is 0.0519. The molecule has 0 bridgehead atoms. The van der Waals surface area contributed by atoms with Crippen molar-refractivity contribution in [1.29, 1.82) is 0 Å². The Labute approximate surface area is 104 Å². The fraction of sp³-hybridized carbons (Fsp3) is 0.545. The Kier molecular flexibility index (Phi) is 3.08. The molecular formula is C11H16N4O3. The zero-order valence-electron chi connectivity index (χ0n) is 10.4. The minimum Gasteiger partial charge on any atom is -0.360 e. The SMILES string of the molecule is Cc1cc(NC(=O)CN(C)C(=O)C2(N)CC2)no1. The van der Waals surface area contributed by atoms with Gasteiger partial charge in [-0.05, 0) is 19.8 Å². The Balaban J connectivity index is 1.85. The fourth-order valence-electron chi connectivity index (χ4n) is 1.62. The maximum Gasteiger partial charge on any atom is 0.245 e. The van der Waals surface area contributed by atoms with E-state index in [4.69, 9.17) is 10.3 Å². The molecule has 2 rings (SSSR count). The third-order valence-corrected chi connectivity index (χ3v) is 2.84. The summed E-state index contributed by atoms with van der Waals surface area (Å²) in [7, 11) is 1.56. The van der Waals surface area contributed by atoms with Crippen LogP contribution in [-0.2, 0) is 9.59 Å². The van der Waals surface area contributed by atoms with E-state index in [9.17, 15) is 9.59 Å². The maximum absolute atomic E-state index is 11.8. The number of amides is 2. The van der Waals surface area contributed by atoms with E-state index in [1.807, 2.05) is 0 Å². The summed E-state index contributed by atoms with van der Waals surface area (Å²) in [5.74, 6) is 0.415. The van der Waals surface area contributed by atoms with E-state index in [0.717, 1.165) is 0 Å². The van der Waals surface area contributed by atoms with Crippen molar-refractivity contribution >= 4 is 17.6 Å². The zero-order valence-corrected chi connectivity index (χ0v) is 10.4. The number of carbonyl (C=O) groups excluding carboxylic acids is 2. The summed E-state index contributed by atoms with van der Waals surface area (Å²) in [6, 6.07) is 1.60. The zero-order chi connectivity index (χ0) is 13.3. The Hall–Kier alpha value is -1.89. The topological polar surface area (TPSA) is 101 Å². The molecule has 1 fully saturated rings. The van der Waals surface area contributed by atoms with E-state index in [2.05, 4.69) is 10.5 Å². The van der Waals surface area contributed by atoms with Gasteiger partial charge in [0.15, 0.2) is 5.82 Å². The molecule has 7 heteroatoms. The summed E-state index contributed by atoms with van der Waals surface area (Å²) in [5.41, 5.74) is 5.02. The molecule has 0 aliphatic heterocycles. The van der Waals surface area contributed by atoms with Gasteiger partial charge in [-0.25, -0.2) is 0 Å². The number of nitrogens with two attached hydrogens (primary N) is 1. The second-order valence-corrected chi connectivity index (χ2v) is 4.69. The van der Waals surface area contributed by atoms with Crippen molar-refractivity contribution in [1.82, 2.24) is 10.1 Å². The summed E-state index contributed by atoms with van der Waals surface area (Å²) in [4.78, 5) is 24.8. The van der Waals surface area contributed by atoms with Crippen molar-refractivity contribution in [3.8, 4) is 0 Å². The molecule has 7 nitrogen and oxygen atoms in total. The van der Waals surface area contributed by atoms with Crippen molar-refractivity contribution < 1.29 is 14.1 Å². The first kappa shape index (κ1) is 12.6. The van der Waals surface area contributed by atoms with Gasteiger partial charge in [-0.15, -0.1) is 0 Å². The van der Waals surface area contributed by atoms with Gasteiger partial charge in [0.2, 0.25) is 11.8 Å². The van der Waals surface area contributed by atoms with E-state index in [1.54, 1.807) is 20.0 Å². The van der Waals surface area contributed by atoms with Gasteiger partial charge in [-0.1, -0.05) is 5.16 Å². The average molecular weight is 252 g/mol. The Morgan fingerprint density at radius 2 is 2.28 bits per heavy atom. The molecule has 0 saturated heterocycles. The van der Waals surface area contributed by atoms with Gasteiger partial charge in [0.25, 0.3) is 0 Å². The van der Waals surface area contributed by atoms with E-state index in [0.29, 0.717) is 24.4 Å². The molecule has 1 aromatic rings. The lowest BCUT2D eigenvalue weighted by molar-refractivity contribution is -0.135. The van der Waals surface area contributed by atoms with Crippen LogP contribution in [0.3, 0.4) is 0 Å². The van der Waals surface area contributed by atoms with Crippen LogP contribution in [0.1, 0.15) is 18.6 Å². The highest BCUT2D eigenvalue weighted by Crippen LogP contribution is 2.33. The molecule has 1 saturated carbocycles. The highest BCUT2D eigenvalue weighted by atomic mass is 16.5. The third kappa shape index (κ3) is 2.67. The van der Waals surface area contributed by atoms with E-state index in [-0.39, 0.29) is 18.4 Å². The predicted octanol–water partition coefficient (Wildman–Crippen LogP) is -0.129. The van der Waals surface area contributed by atoms with Gasteiger partial charge in [0, 0.05) is 13.1 Å². The van der Waals surface area contributed by atoms with Crippen molar-refractivity contribution in [2.45, 2.75) is 25.3 Å². The van der Waals surface area contributed by atoms with Gasteiger partial charge in [0.1, 0.15) is 5.76 Å². The number of rotatable bonds is 4. The highest BCUT2D eigenvalue weighted by molar-refractivity contribution is 5.96. The summed E-state index contributed by atoms with van der Waals surface area (Å²) in [5, 5.41) is 6.18. The molecule has 3 N–H and O–H groups in total. The number of carbonyl (C=O) groups is 2. The van der Waals surface area contributed by atoms with Crippen LogP contribution >= 0.6 is 0 Å². The van der Waals surface area contributed by atoms with E-state index >= 15 is 0 Å². The van der Waals surface area contributed by atoms with Crippen LogP contribution < -0.4 is 11.1 Å². The number of hydrogen-bond acceptors (Lipinski definition) is 5. The quantitative estimate of drug-likeness (QED) is 0.777. The summed E-state index contributed by atoms with van der Waals surface area (Å²) in [6.07, 6.45) is 1.36. The van der Waals surface area contributed by atoms with Gasteiger partial charge in [0.05, 0.1) is 12.1 Å². The second kappa shape index (κ2) is 4.41. The molecule has 0 unspecified atom stereocenters. The smallest absolute Gasteiger partial charge is 0.245 e. The van der Waals surface area contributed by atoms with Gasteiger partial charge in [-0.3, -0.25) is 9.59 Å². The number of hydrogen-bond donors (Lipinski definition) is 2. The number of nitrogens with one attached hydrogen (secondary N) is 1. The summed E-state index contributed by atoms with van der Waals surface area (Å²) < 4.78 is 4.82. The van der Waals surface area contributed by atoms with Crippen LogP contribution in [0.5, 0.6) is 0 Å². The molecule has 0 atom stereocenters. The molecule has 0 spiro atoms. The first-order valence-electron chi connectivity index (χ1n) is 5.68. The van der Waals surface area contributed by atoms with E-state index < -0.39 is 5.54 Å². The molecule has 1 heterocycles. The Morgan fingerprint density at radius 1 is 1.61 bits per heavy atom. The molecule has 0 aromatic carbocycles. The highest BCUT2D eigenvalue weighted by Gasteiger charge is 2.47. The van der Waals surface area contributed by atoms with Crippen LogP contribution in [0.15, 0.2) is 10.6 Å². The number of nitrogens with zero attached hydrogens (tertiary/aromatic N) is 2. The number of likely N-dealkylation sites (N-methyl/N-ethyl adjacent to an activating group) is 1. The average Bonchev–Trinajstić information content (AvgIpc) is 2.92. The van der Waals surface area contributed by atoms with Crippen molar-refractivity contribution in [2.75, 3.05) is 18.9 Å². The Bertz CT molecular complexity index is 478.